The maximum atomic E-state index is 13.7. The molecule has 0 fully saturated rings. The average molecular weight is 331 g/mol. The van der Waals surface area contributed by atoms with Crippen LogP contribution < -0.4 is 20.7 Å². The lowest BCUT2D eigenvalue weighted by atomic mass is 10.1. The SMILES string of the molecule is COc1ccc(N)c(N(C)C(C)C)c1CNc1ccc(C)c(F)c1. The van der Waals surface area contributed by atoms with Gasteiger partial charge in [0.05, 0.1) is 18.5 Å². The maximum absolute atomic E-state index is 13.7. The minimum absolute atomic E-state index is 0.223. The zero-order valence-electron chi connectivity index (χ0n) is 15.0. The topological polar surface area (TPSA) is 50.5 Å². The molecule has 0 atom stereocenters. The second-order valence-electron chi connectivity index (χ2n) is 6.21. The Kier molecular flexibility index (Phi) is 5.54. The van der Waals surface area contributed by atoms with Gasteiger partial charge in [0.25, 0.3) is 0 Å². The fourth-order valence-corrected chi connectivity index (χ4v) is 2.57. The molecule has 2 rings (SSSR count). The van der Waals surface area contributed by atoms with Crippen molar-refractivity contribution in [3.8, 4) is 5.75 Å². The largest absolute Gasteiger partial charge is 0.496 e. The van der Waals surface area contributed by atoms with Crippen molar-refractivity contribution in [1.29, 1.82) is 0 Å². The molecule has 0 heterocycles. The lowest BCUT2D eigenvalue weighted by molar-refractivity contribution is 0.410. The molecular weight excluding hydrogens is 305 g/mol. The highest BCUT2D eigenvalue weighted by molar-refractivity contribution is 5.75. The highest BCUT2D eigenvalue weighted by Crippen LogP contribution is 2.36. The van der Waals surface area contributed by atoms with E-state index in [1.54, 1.807) is 20.1 Å². The summed E-state index contributed by atoms with van der Waals surface area (Å²) >= 11 is 0. The third-order valence-electron chi connectivity index (χ3n) is 4.26. The first kappa shape index (κ1) is 17.9. The van der Waals surface area contributed by atoms with Crippen LogP contribution in [0.5, 0.6) is 5.75 Å². The number of nitrogens with one attached hydrogen (secondary N) is 1. The van der Waals surface area contributed by atoms with Gasteiger partial charge in [0.15, 0.2) is 0 Å². The third-order valence-corrected chi connectivity index (χ3v) is 4.26. The number of anilines is 3. The quantitative estimate of drug-likeness (QED) is 0.780. The van der Waals surface area contributed by atoms with Crippen LogP contribution in [-0.2, 0) is 6.54 Å². The molecule has 130 valence electrons. The van der Waals surface area contributed by atoms with Crippen LogP contribution in [0.1, 0.15) is 25.0 Å². The monoisotopic (exact) mass is 331 g/mol. The van der Waals surface area contributed by atoms with Crippen LogP contribution in [0.4, 0.5) is 21.5 Å². The summed E-state index contributed by atoms with van der Waals surface area (Å²) in [6, 6.07) is 9.12. The normalized spacial score (nSPS) is 10.8. The number of aryl methyl sites for hydroxylation is 1. The fraction of sp³-hybridized carbons (Fsp3) is 0.368. The minimum Gasteiger partial charge on any atom is -0.496 e. The first-order chi connectivity index (χ1) is 11.3. The summed E-state index contributed by atoms with van der Waals surface area (Å²) in [6.07, 6.45) is 0. The molecule has 0 aliphatic carbocycles. The molecule has 0 aliphatic rings. The first-order valence-electron chi connectivity index (χ1n) is 8.03. The van der Waals surface area contributed by atoms with E-state index in [9.17, 15) is 4.39 Å². The van der Waals surface area contributed by atoms with Gasteiger partial charge in [0.2, 0.25) is 0 Å². The Morgan fingerprint density at radius 2 is 1.96 bits per heavy atom. The van der Waals surface area contributed by atoms with E-state index in [2.05, 4.69) is 24.1 Å². The highest BCUT2D eigenvalue weighted by Gasteiger charge is 2.18. The maximum Gasteiger partial charge on any atom is 0.128 e. The Hall–Kier alpha value is -2.43. The summed E-state index contributed by atoms with van der Waals surface area (Å²) in [7, 11) is 3.64. The van der Waals surface area contributed by atoms with E-state index in [4.69, 9.17) is 10.5 Å². The number of hydrogen-bond donors (Lipinski definition) is 2. The van der Waals surface area contributed by atoms with Crippen molar-refractivity contribution in [2.24, 2.45) is 0 Å². The molecule has 2 aromatic carbocycles. The second kappa shape index (κ2) is 7.43. The lowest BCUT2D eigenvalue weighted by Gasteiger charge is -2.29. The number of nitrogen functional groups attached to an aromatic ring is 1. The predicted molar refractivity (Wildman–Crippen MR) is 99.4 cm³/mol. The highest BCUT2D eigenvalue weighted by atomic mass is 19.1. The Morgan fingerprint density at radius 1 is 1.25 bits per heavy atom. The van der Waals surface area contributed by atoms with Crippen LogP contribution in [0.3, 0.4) is 0 Å². The Morgan fingerprint density at radius 3 is 2.54 bits per heavy atom. The van der Waals surface area contributed by atoms with E-state index in [1.807, 2.05) is 25.2 Å². The molecule has 0 radical (unpaired) electrons. The van der Waals surface area contributed by atoms with Crippen LogP contribution in [0, 0.1) is 12.7 Å². The molecule has 2 aromatic rings. The van der Waals surface area contributed by atoms with Crippen molar-refractivity contribution in [3.05, 3.63) is 47.3 Å². The number of ether oxygens (including phenoxy) is 1. The summed E-state index contributed by atoms with van der Waals surface area (Å²) < 4.78 is 19.2. The smallest absolute Gasteiger partial charge is 0.128 e. The molecule has 3 N–H and O–H groups in total. The van der Waals surface area contributed by atoms with Crippen LogP contribution in [-0.4, -0.2) is 20.2 Å². The first-order valence-corrected chi connectivity index (χ1v) is 8.03. The van der Waals surface area contributed by atoms with Gasteiger partial charge in [-0.25, -0.2) is 4.39 Å². The van der Waals surface area contributed by atoms with Crippen LogP contribution >= 0.6 is 0 Å². The summed E-state index contributed by atoms with van der Waals surface area (Å²) in [5.41, 5.74) is 10.1. The van der Waals surface area contributed by atoms with Crippen molar-refractivity contribution < 1.29 is 9.13 Å². The Bertz CT molecular complexity index is 716. The van der Waals surface area contributed by atoms with Crippen molar-refractivity contribution in [2.75, 3.05) is 30.1 Å². The molecule has 0 aliphatic heterocycles. The van der Waals surface area contributed by atoms with Gasteiger partial charge in [0, 0.05) is 30.9 Å². The van der Waals surface area contributed by atoms with Gasteiger partial charge in [-0.15, -0.1) is 0 Å². The molecule has 0 saturated carbocycles. The standard InChI is InChI=1S/C19H26FN3O/c1-12(2)23(4)19-15(18(24-5)9-8-17(19)21)11-22-14-7-6-13(3)16(20)10-14/h6-10,12,22H,11,21H2,1-5H3. The molecule has 0 aromatic heterocycles. The molecule has 0 spiro atoms. The van der Waals surface area contributed by atoms with E-state index in [0.29, 0.717) is 17.8 Å². The molecule has 5 heteroatoms. The molecule has 0 saturated heterocycles. The number of methoxy groups -OCH3 is 1. The molecule has 24 heavy (non-hydrogen) atoms. The van der Waals surface area contributed by atoms with Gasteiger partial charge in [-0.3, -0.25) is 0 Å². The zero-order valence-corrected chi connectivity index (χ0v) is 15.0. The van der Waals surface area contributed by atoms with Crippen LogP contribution in [0.15, 0.2) is 30.3 Å². The minimum atomic E-state index is -0.223. The summed E-state index contributed by atoms with van der Waals surface area (Å²) in [5, 5.41) is 3.26. The molecule has 0 unspecified atom stereocenters. The van der Waals surface area contributed by atoms with E-state index in [-0.39, 0.29) is 11.9 Å². The van der Waals surface area contributed by atoms with Gasteiger partial charge in [-0.1, -0.05) is 6.07 Å². The third kappa shape index (κ3) is 3.72. The fourth-order valence-electron chi connectivity index (χ4n) is 2.57. The van der Waals surface area contributed by atoms with Crippen molar-refractivity contribution in [3.63, 3.8) is 0 Å². The summed E-state index contributed by atoms with van der Waals surface area (Å²) in [5.74, 6) is 0.533. The van der Waals surface area contributed by atoms with E-state index in [1.165, 1.54) is 6.07 Å². The van der Waals surface area contributed by atoms with E-state index >= 15 is 0 Å². The Labute approximate surface area is 143 Å². The predicted octanol–water partition coefficient (Wildman–Crippen LogP) is 4.18. The van der Waals surface area contributed by atoms with Gasteiger partial charge < -0.3 is 20.7 Å². The van der Waals surface area contributed by atoms with Gasteiger partial charge >= 0.3 is 0 Å². The van der Waals surface area contributed by atoms with Crippen molar-refractivity contribution in [1.82, 2.24) is 0 Å². The number of nitrogens with two attached hydrogens (primary N) is 1. The second-order valence-corrected chi connectivity index (χ2v) is 6.21. The summed E-state index contributed by atoms with van der Waals surface area (Å²) in [6.45, 7) is 6.44. The van der Waals surface area contributed by atoms with Gasteiger partial charge in [-0.05, 0) is 50.6 Å². The number of rotatable bonds is 6. The van der Waals surface area contributed by atoms with Crippen molar-refractivity contribution >= 4 is 17.1 Å². The van der Waals surface area contributed by atoms with Gasteiger partial charge in [-0.2, -0.15) is 0 Å². The number of nitrogens with zero attached hydrogens (tertiary/aromatic N) is 1. The molecule has 4 nitrogen and oxygen atoms in total. The summed E-state index contributed by atoms with van der Waals surface area (Å²) in [4.78, 5) is 2.12. The van der Waals surface area contributed by atoms with Crippen LogP contribution in [0.25, 0.3) is 0 Å². The lowest BCUT2D eigenvalue weighted by Crippen LogP contribution is -2.28. The number of hydrogen-bond acceptors (Lipinski definition) is 4. The number of benzene rings is 2. The average Bonchev–Trinajstić information content (AvgIpc) is 2.55. The van der Waals surface area contributed by atoms with Crippen LogP contribution in [0.2, 0.25) is 0 Å². The molecular formula is C19H26FN3O. The van der Waals surface area contributed by atoms with E-state index < -0.39 is 0 Å². The van der Waals surface area contributed by atoms with E-state index in [0.717, 1.165) is 22.7 Å². The number of halogens is 1. The Balaban J connectivity index is 2.36. The molecule has 0 amide bonds. The molecule has 0 bridgehead atoms. The zero-order chi connectivity index (χ0) is 17.9. The van der Waals surface area contributed by atoms with Crippen molar-refractivity contribution in [2.45, 2.75) is 33.4 Å². The van der Waals surface area contributed by atoms with Gasteiger partial charge in [0.1, 0.15) is 11.6 Å².